The van der Waals surface area contributed by atoms with Gasteiger partial charge in [-0.05, 0) is 29.5 Å². The van der Waals surface area contributed by atoms with E-state index in [1.807, 2.05) is 0 Å². The number of hydrogen-bond acceptors (Lipinski definition) is 3. The van der Waals surface area contributed by atoms with Gasteiger partial charge in [0.1, 0.15) is 5.82 Å². The predicted octanol–water partition coefficient (Wildman–Crippen LogP) is 2.76. The van der Waals surface area contributed by atoms with Gasteiger partial charge in [-0.3, -0.25) is 0 Å². The number of anilines is 1. The van der Waals surface area contributed by atoms with E-state index in [0.717, 1.165) is 23.6 Å². The highest BCUT2D eigenvalue weighted by atomic mass is 15.2. The van der Waals surface area contributed by atoms with Crippen LogP contribution in [-0.4, -0.2) is 18.6 Å². The summed E-state index contributed by atoms with van der Waals surface area (Å²) in [6, 6.07) is 4.20. The summed E-state index contributed by atoms with van der Waals surface area (Å²) in [6.07, 6.45) is 0. The van der Waals surface area contributed by atoms with E-state index in [-0.39, 0.29) is 0 Å². The van der Waals surface area contributed by atoms with E-state index >= 15 is 0 Å². The van der Waals surface area contributed by atoms with E-state index in [0.29, 0.717) is 18.4 Å². The van der Waals surface area contributed by atoms with Gasteiger partial charge in [0, 0.05) is 25.8 Å². The van der Waals surface area contributed by atoms with Crippen LogP contribution in [0.2, 0.25) is 0 Å². The molecule has 1 aromatic rings. The third-order valence-electron chi connectivity index (χ3n) is 2.75. The van der Waals surface area contributed by atoms with Gasteiger partial charge in [-0.25, -0.2) is 4.98 Å². The van der Waals surface area contributed by atoms with Crippen molar-refractivity contribution in [2.75, 3.05) is 18.5 Å². The van der Waals surface area contributed by atoms with Crippen molar-refractivity contribution < 1.29 is 0 Å². The molecule has 3 nitrogen and oxygen atoms in total. The maximum Gasteiger partial charge on any atom is 0.128 e. The topological polar surface area (TPSA) is 42.1 Å². The first kappa shape index (κ1) is 14.0. The summed E-state index contributed by atoms with van der Waals surface area (Å²) >= 11 is 0. The van der Waals surface area contributed by atoms with Crippen molar-refractivity contribution in [1.82, 2.24) is 4.98 Å². The molecule has 2 N–H and O–H groups in total. The molecule has 0 bridgehead atoms. The molecule has 0 aromatic carbocycles. The van der Waals surface area contributed by atoms with E-state index in [1.54, 1.807) is 0 Å². The zero-order valence-electron chi connectivity index (χ0n) is 11.7. The Bertz CT molecular complexity index is 358. The Morgan fingerprint density at radius 1 is 1.24 bits per heavy atom. The van der Waals surface area contributed by atoms with Crippen LogP contribution in [0, 0.1) is 5.92 Å². The molecule has 0 saturated carbocycles. The molecule has 0 fully saturated rings. The molecule has 0 unspecified atom stereocenters. The number of aromatic nitrogens is 1. The standard InChI is InChI=1S/C14H25N3/c1-10(2)9-17(5)14-7-12(8-15)6-13(16-14)11(3)4/h6-7,10-11H,8-9,15H2,1-5H3. The van der Waals surface area contributed by atoms with Crippen molar-refractivity contribution >= 4 is 5.82 Å². The van der Waals surface area contributed by atoms with Crippen molar-refractivity contribution in [1.29, 1.82) is 0 Å². The van der Waals surface area contributed by atoms with Crippen LogP contribution >= 0.6 is 0 Å². The first-order valence-electron chi connectivity index (χ1n) is 6.36. The second-order valence-corrected chi connectivity index (χ2v) is 5.39. The lowest BCUT2D eigenvalue weighted by molar-refractivity contribution is 0.632. The highest BCUT2D eigenvalue weighted by Gasteiger charge is 2.09. The lowest BCUT2D eigenvalue weighted by atomic mass is 10.1. The van der Waals surface area contributed by atoms with Gasteiger partial charge in [-0.2, -0.15) is 0 Å². The third kappa shape index (κ3) is 4.00. The SMILES string of the molecule is CC(C)CN(C)c1cc(CN)cc(C(C)C)n1. The number of rotatable bonds is 5. The van der Waals surface area contributed by atoms with E-state index in [2.05, 4.69) is 51.8 Å². The Morgan fingerprint density at radius 3 is 2.35 bits per heavy atom. The first-order valence-corrected chi connectivity index (χ1v) is 6.36. The van der Waals surface area contributed by atoms with E-state index in [4.69, 9.17) is 10.7 Å². The van der Waals surface area contributed by atoms with Gasteiger partial charge in [-0.1, -0.05) is 27.7 Å². The van der Waals surface area contributed by atoms with Crippen molar-refractivity contribution in [2.24, 2.45) is 11.7 Å². The molecule has 0 atom stereocenters. The zero-order valence-corrected chi connectivity index (χ0v) is 11.7. The number of nitrogens with zero attached hydrogens (tertiary/aromatic N) is 2. The molecule has 3 heteroatoms. The Labute approximate surface area is 105 Å². The Kier molecular flexibility index (Phi) is 4.94. The fraction of sp³-hybridized carbons (Fsp3) is 0.643. The van der Waals surface area contributed by atoms with Gasteiger partial charge in [-0.15, -0.1) is 0 Å². The van der Waals surface area contributed by atoms with E-state index in [1.165, 1.54) is 0 Å². The minimum absolute atomic E-state index is 0.438. The van der Waals surface area contributed by atoms with Gasteiger partial charge in [0.05, 0.1) is 0 Å². The molecule has 0 aliphatic heterocycles. The highest BCUT2D eigenvalue weighted by molar-refractivity contribution is 5.42. The van der Waals surface area contributed by atoms with Gasteiger partial charge >= 0.3 is 0 Å². The number of hydrogen-bond donors (Lipinski definition) is 1. The maximum absolute atomic E-state index is 5.74. The molecule has 0 spiro atoms. The van der Waals surface area contributed by atoms with Crippen molar-refractivity contribution in [3.05, 3.63) is 23.4 Å². The summed E-state index contributed by atoms with van der Waals surface area (Å²) in [6.45, 7) is 10.3. The Balaban J connectivity index is 3.01. The van der Waals surface area contributed by atoms with Crippen molar-refractivity contribution in [2.45, 2.75) is 40.2 Å². The molecule has 96 valence electrons. The molecule has 1 aromatic heterocycles. The van der Waals surface area contributed by atoms with Crippen LogP contribution in [-0.2, 0) is 6.54 Å². The number of nitrogens with two attached hydrogens (primary N) is 1. The lowest BCUT2D eigenvalue weighted by Gasteiger charge is -2.22. The van der Waals surface area contributed by atoms with E-state index in [9.17, 15) is 0 Å². The highest BCUT2D eigenvalue weighted by Crippen LogP contribution is 2.20. The zero-order chi connectivity index (χ0) is 13.0. The van der Waals surface area contributed by atoms with Crippen LogP contribution in [0.25, 0.3) is 0 Å². The minimum atomic E-state index is 0.438. The summed E-state index contributed by atoms with van der Waals surface area (Å²) in [5, 5.41) is 0. The van der Waals surface area contributed by atoms with Crippen molar-refractivity contribution in [3.63, 3.8) is 0 Å². The average molecular weight is 235 g/mol. The smallest absolute Gasteiger partial charge is 0.128 e. The molecular formula is C14H25N3. The third-order valence-corrected chi connectivity index (χ3v) is 2.75. The summed E-state index contributed by atoms with van der Waals surface area (Å²) in [5.74, 6) is 2.10. The molecule has 17 heavy (non-hydrogen) atoms. The minimum Gasteiger partial charge on any atom is -0.359 e. The summed E-state index contributed by atoms with van der Waals surface area (Å²) in [4.78, 5) is 6.91. The fourth-order valence-corrected chi connectivity index (χ4v) is 1.84. The Hall–Kier alpha value is -1.09. The molecule has 0 aliphatic rings. The largest absolute Gasteiger partial charge is 0.359 e. The molecule has 0 saturated heterocycles. The first-order chi connectivity index (χ1) is 7.93. The van der Waals surface area contributed by atoms with Crippen molar-refractivity contribution in [3.8, 4) is 0 Å². The lowest BCUT2D eigenvalue weighted by Crippen LogP contribution is -2.24. The summed E-state index contributed by atoms with van der Waals surface area (Å²) in [5.41, 5.74) is 8.03. The van der Waals surface area contributed by atoms with Crippen LogP contribution in [0.15, 0.2) is 12.1 Å². The van der Waals surface area contributed by atoms with Crippen LogP contribution in [0.3, 0.4) is 0 Å². The van der Waals surface area contributed by atoms with Gasteiger partial charge in [0.15, 0.2) is 0 Å². The van der Waals surface area contributed by atoms with Gasteiger partial charge in [0.25, 0.3) is 0 Å². The van der Waals surface area contributed by atoms with Crippen LogP contribution in [0.5, 0.6) is 0 Å². The predicted molar refractivity (Wildman–Crippen MR) is 74.3 cm³/mol. The van der Waals surface area contributed by atoms with Gasteiger partial charge in [0.2, 0.25) is 0 Å². The second kappa shape index (κ2) is 6.01. The summed E-state index contributed by atoms with van der Waals surface area (Å²) in [7, 11) is 2.09. The second-order valence-electron chi connectivity index (χ2n) is 5.39. The molecule has 0 radical (unpaired) electrons. The molecule has 0 aliphatic carbocycles. The fourth-order valence-electron chi connectivity index (χ4n) is 1.84. The quantitative estimate of drug-likeness (QED) is 0.853. The van der Waals surface area contributed by atoms with Crippen LogP contribution < -0.4 is 10.6 Å². The number of pyridine rings is 1. The summed E-state index contributed by atoms with van der Waals surface area (Å²) < 4.78 is 0. The maximum atomic E-state index is 5.74. The average Bonchev–Trinajstić information content (AvgIpc) is 2.27. The monoisotopic (exact) mass is 235 g/mol. The molecule has 1 heterocycles. The molecule has 1 rings (SSSR count). The van der Waals surface area contributed by atoms with Crippen LogP contribution in [0.1, 0.15) is 44.9 Å². The van der Waals surface area contributed by atoms with Crippen LogP contribution in [0.4, 0.5) is 5.82 Å². The molecule has 0 amide bonds. The normalized spacial score (nSPS) is 11.3. The van der Waals surface area contributed by atoms with Gasteiger partial charge < -0.3 is 10.6 Å². The molecular weight excluding hydrogens is 210 g/mol. The van der Waals surface area contributed by atoms with E-state index < -0.39 is 0 Å². The Morgan fingerprint density at radius 2 is 1.88 bits per heavy atom.